The summed E-state index contributed by atoms with van der Waals surface area (Å²) in [6.07, 6.45) is 6.00. The summed E-state index contributed by atoms with van der Waals surface area (Å²) in [6, 6.07) is 14.0. The predicted octanol–water partition coefficient (Wildman–Crippen LogP) is 4.50. The molecule has 4 heterocycles. The number of nitrogens with zero attached hydrogens (tertiary/aromatic N) is 6. The van der Waals surface area contributed by atoms with Crippen molar-refractivity contribution in [3.63, 3.8) is 0 Å². The van der Waals surface area contributed by atoms with Gasteiger partial charge in [-0.2, -0.15) is 5.10 Å². The van der Waals surface area contributed by atoms with Crippen LogP contribution in [0.5, 0.6) is 0 Å². The van der Waals surface area contributed by atoms with Crippen LogP contribution in [-0.2, 0) is 27.9 Å². The van der Waals surface area contributed by atoms with Crippen LogP contribution in [0, 0.1) is 0 Å². The average molecular weight is 559 g/mol. The summed E-state index contributed by atoms with van der Waals surface area (Å²) >= 11 is 0. The standard InChI is InChI=1S/C32H42N6O3/c1-23-18-35(26(19-36-14-10-13-34-36)20-37(23)30(40)41-31(2,3)4)21-29(39)38-22-32(5,6)27-17-33-25(16-28(27)38)15-24-11-8-7-9-12-24/h7-14,16-17,23,26H,15,18-22H2,1-6H3/t23-,26+/m1/s1. The molecule has 9 heteroatoms. The maximum atomic E-state index is 14.0. The molecule has 2 aromatic heterocycles. The first-order chi connectivity index (χ1) is 19.4. The largest absolute Gasteiger partial charge is 0.444 e. The molecular weight excluding hydrogens is 516 g/mol. The molecule has 0 unspecified atom stereocenters. The third-order valence-electron chi connectivity index (χ3n) is 7.92. The minimum Gasteiger partial charge on any atom is -0.444 e. The van der Waals surface area contributed by atoms with Gasteiger partial charge in [-0.1, -0.05) is 44.2 Å². The summed E-state index contributed by atoms with van der Waals surface area (Å²) in [4.78, 5) is 37.8. The maximum absolute atomic E-state index is 14.0. The normalized spacial score (nSPS) is 20.6. The Morgan fingerprint density at radius 1 is 1.10 bits per heavy atom. The number of anilines is 1. The second-order valence-corrected chi connectivity index (χ2v) is 13.0. The van der Waals surface area contributed by atoms with E-state index in [1.807, 2.05) is 73.9 Å². The highest BCUT2D eigenvalue weighted by molar-refractivity contribution is 5.97. The Hall–Kier alpha value is -3.72. The highest BCUT2D eigenvalue weighted by Gasteiger charge is 2.41. The third kappa shape index (κ3) is 6.62. The van der Waals surface area contributed by atoms with E-state index in [2.05, 4.69) is 42.0 Å². The van der Waals surface area contributed by atoms with E-state index in [4.69, 9.17) is 9.72 Å². The first-order valence-corrected chi connectivity index (χ1v) is 14.4. The van der Waals surface area contributed by atoms with Gasteiger partial charge in [0.05, 0.1) is 18.8 Å². The fourth-order valence-electron chi connectivity index (χ4n) is 5.86. The van der Waals surface area contributed by atoms with Crippen LogP contribution >= 0.6 is 0 Å². The minimum atomic E-state index is -0.578. The van der Waals surface area contributed by atoms with Gasteiger partial charge in [0.1, 0.15) is 5.60 Å². The lowest BCUT2D eigenvalue weighted by atomic mass is 9.88. The SMILES string of the molecule is C[C@@H]1CN(CC(=O)N2CC(C)(C)c3cnc(Cc4ccccc4)cc32)[C@@H](Cn2cccn2)CN1C(=O)OC(C)(C)C. The van der Waals surface area contributed by atoms with Crippen LogP contribution < -0.4 is 4.90 Å². The lowest BCUT2D eigenvalue weighted by Crippen LogP contribution is -2.62. The van der Waals surface area contributed by atoms with E-state index in [0.29, 0.717) is 32.6 Å². The van der Waals surface area contributed by atoms with E-state index >= 15 is 0 Å². The van der Waals surface area contributed by atoms with Gasteiger partial charge in [-0.3, -0.25) is 19.4 Å². The molecule has 2 atom stereocenters. The molecule has 0 aliphatic carbocycles. The highest BCUT2D eigenvalue weighted by atomic mass is 16.6. The number of hydrogen-bond donors (Lipinski definition) is 0. The lowest BCUT2D eigenvalue weighted by Gasteiger charge is -2.45. The molecule has 0 N–H and O–H groups in total. The summed E-state index contributed by atoms with van der Waals surface area (Å²) < 4.78 is 7.57. The van der Waals surface area contributed by atoms with Crippen LogP contribution in [0.3, 0.4) is 0 Å². The maximum Gasteiger partial charge on any atom is 0.410 e. The Kier molecular flexibility index (Phi) is 7.92. The zero-order chi connectivity index (χ0) is 29.4. The smallest absolute Gasteiger partial charge is 0.410 e. The van der Waals surface area contributed by atoms with Crippen molar-refractivity contribution in [1.29, 1.82) is 0 Å². The fourth-order valence-corrected chi connectivity index (χ4v) is 5.86. The van der Waals surface area contributed by atoms with Crippen molar-refractivity contribution >= 4 is 17.7 Å². The molecule has 218 valence electrons. The van der Waals surface area contributed by atoms with Crippen molar-refractivity contribution in [2.75, 3.05) is 31.1 Å². The number of hydrogen-bond acceptors (Lipinski definition) is 6. The quantitative estimate of drug-likeness (QED) is 0.443. The molecule has 2 aliphatic heterocycles. The fraction of sp³-hybridized carbons (Fsp3) is 0.500. The number of ether oxygens (including phenoxy) is 1. The first kappa shape index (κ1) is 28.8. The van der Waals surface area contributed by atoms with E-state index in [9.17, 15) is 9.59 Å². The first-order valence-electron chi connectivity index (χ1n) is 14.4. The number of rotatable bonds is 6. The van der Waals surface area contributed by atoms with Crippen molar-refractivity contribution < 1.29 is 14.3 Å². The van der Waals surface area contributed by atoms with Gasteiger partial charge in [0, 0.05) is 73.4 Å². The Morgan fingerprint density at radius 3 is 2.54 bits per heavy atom. The number of carbonyl (C=O) groups excluding carboxylic acids is 2. The molecule has 0 radical (unpaired) electrons. The summed E-state index contributed by atoms with van der Waals surface area (Å²) in [5.41, 5.74) is 3.41. The zero-order valence-electron chi connectivity index (χ0n) is 25.1. The van der Waals surface area contributed by atoms with Gasteiger partial charge >= 0.3 is 6.09 Å². The summed E-state index contributed by atoms with van der Waals surface area (Å²) in [5, 5.41) is 4.40. The summed E-state index contributed by atoms with van der Waals surface area (Å²) in [6.45, 7) is 14.4. The molecule has 9 nitrogen and oxygen atoms in total. The van der Waals surface area contributed by atoms with Gasteiger partial charge < -0.3 is 14.5 Å². The third-order valence-corrected chi connectivity index (χ3v) is 7.92. The van der Waals surface area contributed by atoms with Crippen LogP contribution in [0.4, 0.5) is 10.5 Å². The molecule has 1 fully saturated rings. The van der Waals surface area contributed by atoms with Gasteiger partial charge in [-0.15, -0.1) is 0 Å². The van der Waals surface area contributed by atoms with Gasteiger partial charge in [-0.05, 0) is 45.4 Å². The molecule has 2 aliphatic rings. The van der Waals surface area contributed by atoms with Gasteiger partial charge in [0.15, 0.2) is 0 Å². The van der Waals surface area contributed by atoms with E-state index in [1.165, 1.54) is 5.56 Å². The molecule has 41 heavy (non-hydrogen) atoms. The average Bonchev–Trinajstić information content (AvgIpc) is 3.50. The molecule has 1 saturated heterocycles. The summed E-state index contributed by atoms with van der Waals surface area (Å²) in [5.74, 6) is 0.0528. The van der Waals surface area contributed by atoms with Crippen LogP contribution in [0.2, 0.25) is 0 Å². The molecule has 1 aromatic carbocycles. The van der Waals surface area contributed by atoms with Crippen LogP contribution in [0.25, 0.3) is 0 Å². The predicted molar refractivity (Wildman–Crippen MR) is 159 cm³/mol. The van der Waals surface area contributed by atoms with Crippen molar-refractivity contribution in [3.05, 3.63) is 77.9 Å². The second kappa shape index (κ2) is 11.3. The van der Waals surface area contributed by atoms with Crippen molar-refractivity contribution in [2.24, 2.45) is 0 Å². The molecule has 2 amide bonds. The van der Waals surface area contributed by atoms with Crippen LogP contribution in [0.15, 0.2) is 61.1 Å². The molecular formula is C32H42N6O3. The van der Waals surface area contributed by atoms with Gasteiger partial charge in [-0.25, -0.2) is 4.79 Å². The number of carbonyl (C=O) groups is 2. The van der Waals surface area contributed by atoms with Gasteiger partial charge in [0.25, 0.3) is 0 Å². The number of pyridine rings is 1. The molecule has 0 spiro atoms. The Bertz CT molecular complexity index is 1370. The Morgan fingerprint density at radius 2 is 1.85 bits per heavy atom. The number of piperazine rings is 1. The Labute approximate surface area is 243 Å². The van der Waals surface area contributed by atoms with Crippen molar-refractivity contribution in [3.8, 4) is 0 Å². The highest BCUT2D eigenvalue weighted by Crippen LogP contribution is 2.40. The topological polar surface area (TPSA) is 83.8 Å². The molecule has 0 bridgehead atoms. The molecule has 0 saturated carbocycles. The second-order valence-electron chi connectivity index (χ2n) is 13.0. The monoisotopic (exact) mass is 558 g/mol. The van der Waals surface area contributed by atoms with Crippen LogP contribution in [-0.4, -0.2) is 80.4 Å². The number of aromatic nitrogens is 3. The number of amides is 2. The number of benzene rings is 1. The summed E-state index contributed by atoms with van der Waals surface area (Å²) in [7, 11) is 0. The van der Waals surface area contributed by atoms with E-state index < -0.39 is 5.60 Å². The van der Waals surface area contributed by atoms with Gasteiger partial charge in [0.2, 0.25) is 5.91 Å². The number of fused-ring (bicyclic) bond motifs is 1. The van der Waals surface area contributed by atoms with E-state index in [-0.39, 0.29) is 36.0 Å². The van der Waals surface area contributed by atoms with E-state index in [1.54, 1.807) is 11.1 Å². The van der Waals surface area contributed by atoms with E-state index in [0.717, 1.165) is 16.9 Å². The zero-order valence-corrected chi connectivity index (χ0v) is 25.1. The Balaban J connectivity index is 1.36. The lowest BCUT2D eigenvalue weighted by molar-refractivity contribution is -0.121. The van der Waals surface area contributed by atoms with Crippen molar-refractivity contribution in [1.82, 2.24) is 24.6 Å². The molecule has 3 aromatic rings. The van der Waals surface area contributed by atoms with Crippen LogP contribution in [0.1, 0.15) is 58.4 Å². The molecule has 5 rings (SSSR count). The van der Waals surface area contributed by atoms with Crippen molar-refractivity contribution in [2.45, 2.75) is 77.6 Å². The minimum absolute atomic E-state index is 0.0528.